The number of hydrogen-bond acceptors (Lipinski definition) is 3. The molecule has 0 aliphatic heterocycles. The summed E-state index contributed by atoms with van der Waals surface area (Å²) in [5, 5.41) is 6.76. The van der Waals surface area contributed by atoms with Gasteiger partial charge < -0.3 is 5.32 Å². The topological polar surface area (TPSA) is 42.7 Å². The second-order valence-corrected chi connectivity index (χ2v) is 4.34. The molecule has 0 aliphatic rings. The highest BCUT2D eigenvalue weighted by Gasteiger charge is 2.33. The molecule has 2 aromatic heterocycles. The lowest BCUT2D eigenvalue weighted by Crippen LogP contribution is -2.20. The van der Waals surface area contributed by atoms with Gasteiger partial charge in [-0.1, -0.05) is 13.0 Å². The predicted molar refractivity (Wildman–Crippen MR) is 68.5 cm³/mol. The standard InChI is InChI=1S/C13H15F3N4/c1-3-17-9(2)10-5-4-7-18-12(10)20-8-6-11(19-20)13(14,15)16/h4-9,17H,3H2,1-2H3. The van der Waals surface area contributed by atoms with Gasteiger partial charge in [-0.15, -0.1) is 0 Å². The van der Waals surface area contributed by atoms with Crippen LogP contribution in [-0.4, -0.2) is 21.3 Å². The lowest BCUT2D eigenvalue weighted by molar-refractivity contribution is -0.141. The second kappa shape index (κ2) is 5.62. The van der Waals surface area contributed by atoms with Crippen LogP contribution in [0.5, 0.6) is 0 Å². The van der Waals surface area contributed by atoms with Crippen molar-refractivity contribution in [1.82, 2.24) is 20.1 Å². The highest BCUT2D eigenvalue weighted by Crippen LogP contribution is 2.28. The van der Waals surface area contributed by atoms with E-state index < -0.39 is 11.9 Å². The molecule has 2 heterocycles. The quantitative estimate of drug-likeness (QED) is 0.938. The Kier molecular flexibility index (Phi) is 4.08. The summed E-state index contributed by atoms with van der Waals surface area (Å²) in [5.74, 6) is 0.399. The first kappa shape index (κ1) is 14.5. The first-order chi connectivity index (χ1) is 9.43. The number of hydrogen-bond donors (Lipinski definition) is 1. The maximum absolute atomic E-state index is 12.6. The maximum Gasteiger partial charge on any atom is 0.435 e. The fourth-order valence-electron chi connectivity index (χ4n) is 1.95. The van der Waals surface area contributed by atoms with Crippen molar-refractivity contribution in [3.63, 3.8) is 0 Å². The summed E-state index contributed by atoms with van der Waals surface area (Å²) >= 11 is 0. The third-order valence-corrected chi connectivity index (χ3v) is 2.89. The minimum atomic E-state index is -4.45. The van der Waals surface area contributed by atoms with E-state index in [4.69, 9.17) is 0 Å². The molecule has 0 saturated heterocycles. The molecular formula is C13H15F3N4. The molecule has 0 saturated carbocycles. The van der Waals surface area contributed by atoms with Gasteiger partial charge in [0.15, 0.2) is 11.5 Å². The van der Waals surface area contributed by atoms with Gasteiger partial charge in [-0.3, -0.25) is 0 Å². The first-order valence-corrected chi connectivity index (χ1v) is 6.25. The fourth-order valence-corrected chi connectivity index (χ4v) is 1.95. The SMILES string of the molecule is CCNC(C)c1cccnc1-n1ccc(C(F)(F)F)n1. The zero-order valence-electron chi connectivity index (χ0n) is 11.1. The number of aromatic nitrogens is 3. The Balaban J connectivity index is 2.40. The second-order valence-electron chi connectivity index (χ2n) is 4.34. The van der Waals surface area contributed by atoms with E-state index in [1.54, 1.807) is 6.07 Å². The van der Waals surface area contributed by atoms with Gasteiger partial charge in [-0.05, 0) is 25.6 Å². The normalized spacial score (nSPS) is 13.4. The number of nitrogens with zero attached hydrogens (tertiary/aromatic N) is 3. The maximum atomic E-state index is 12.6. The van der Waals surface area contributed by atoms with E-state index in [9.17, 15) is 13.2 Å². The van der Waals surface area contributed by atoms with Crippen molar-refractivity contribution in [1.29, 1.82) is 0 Å². The summed E-state index contributed by atoms with van der Waals surface area (Å²) < 4.78 is 38.9. The molecule has 0 aliphatic carbocycles. The van der Waals surface area contributed by atoms with Crippen molar-refractivity contribution in [2.75, 3.05) is 6.54 Å². The van der Waals surface area contributed by atoms with Crippen LogP contribution in [0.15, 0.2) is 30.6 Å². The largest absolute Gasteiger partial charge is 0.435 e. The molecule has 1 N–H and O–H groups in total. The summed E-state index contributed by atoms with van der Waals surface area (Å²) in [6.45, 7) is 4.64. The van der Waals surface area contributed by atoms with Crippen LogP contribution in [0.3, 0.4) is 0 Å². The smallest absolute Gasteiger partial charge is 0.310 e. The molecule has 0 radical (unpaired) electrons. The highest BCUT2D eigenvalue weighted by molar-refractivity contribution is 5.35. The molecule has 7 heteroatoms. The van der Waals surface area contributed by atoms with E-state index in [1.807, 2.05) is 19.9 Å². The summed E-state index contributed by atoms with van der Waals surface area (Å²) in [7, 11) is 0. The van der Waals surface area contributed by atoms with Gasteiger partial charge >= 0.3 is 6.18 Å². The van der Waals surface area contributed by atoms with Crippen molar-refractivity contribution in [2.24, 2.45) is 0 Å². The molecule has 2 rings (SSSR count). The van der Waals surface area contributed by atoms with Gasteiger partial charge in [-0.2, -0.15) is 18.3 Å². The molecule has 0 fully saturated rings. The van der Waals surface area contributed by atoms with Crippen LogP contribution in [-0.2, 0) is 6.18 Å². The molecule has 4 nitrogen and oxygen atoms in total. The molecule has 0 amide bonds. The Hall–Kier alpha value is -1.89. The minimum Gasteiger partial charge on any atom is -0.310 e. The third kappa shape index (κ3) is 2.98. The van der Waals surface area contributed by atoms with Gasteiger partial charge in [0, 0.05) is 24.0 Å². The average Bonchev–Trinajstić information content (AvgIpc) is 2.88. The lowest BCUT2D eigenvalue weighted by atomic mass is 10.1. The van der Waals surface area contributed by atoms with Crippen molar-refractivity contribution in [3.05, 3.63) is 41.9 Å². The van der Waals surface area contributed by atoms with Crippen LogP contribution in [0.1, 0.15) is 31.1 Å². The third-order valence-electron chi connectivity index (χ3n) is 2.89. The van der Waals surface area contributed by atoms with E-state index in [-0.39, 0.29) is 6.04 Å². The van der Waals surface area contributed by atoms with Crippen molar-refractivity contribution in [2.45, 2.75) is 26.1 Å². The van der Waals surface area contributed by atoms with Gasteiger partial charge in [0.05, 0.1) is 0 Å². The Morgan fingerprint density at radius 3 is 2.70 bits per heavy atom. The molecule has 0 aromatic carbocycles. The summed E-state index contributed by atoms with van der Waals surface area (Å²) in [6, 6.07) is 4.49. The zero-order chi connectivity index (χ0) is 14.8. The molecule has 1 unspecified atom stereocenters. The minimum absolute atomic E-state index is 0.0257. The van der Waals surface area contributed by atoms with Crippen LogP contribution in [0.25, 0.3) is 5.82 Å². The highest BCUT2D eigenvalue weighted by atomic mass is 19.4. The van der Waals surface area contributed by atoms with Crippen LogP contribution >= 0.6 is 0 Å². The monoisotopic (exact) mass is 284 g/mol. The van der Waals surface area contributed by atoms with Gasteiger partial charge in [0.2, 0.25) is 0 Å². The zero-order valence-corrected chi connectivity index (χ0v) is 11.1. The summed E-state index contributed by atoms with van der Waals surface area (Å²) in [5.41, 5.74) is -0.128. The van der Waals surface area contributed by atoms with Gasteiger partial charge in [0.1, 0.15) is 0 Å². The van der Waals surface area contributed by atoms with Crippen LogP contribution < -0.4 is 5.32 Å². The molecule has 0 spiro atoms. The van der Waals surface area contributed by atoms with Crippen LogP contribution in [0, 0.1) is 0 Å². The van der Waals surface area contributed by atoms with E-state index >= 15 is 0 Å². The van der Waals surface area contributed by atoms with E-state index in [1.165, 1.54) is 12.4 Å². The molecular weight excluding hydrogens is 269 g/mol. The number of alkyl halides is 3. The number of halogens is 3. The number of pyridine rings is 1. The lowest BCUT2D eigenvalue weighted by Gasteiger charge is -2.16. The molecule has 2 aromatic rings. The number of nitrogens with one attached hydrogen (secondary N) is 1. The Morgan fingerprint density at radius 1 is 1.35 bits per heavy atom. The number of rotatable bonds is 4. The molecule has 0 bridgehead atoms. The van der Waals surface area contributed by atoms with E-state index in [0.29, 0.717) is 5.82 Å². The predicted octanol–water partition coefficient (Wildman–Crippen LogP) is 2.96. The first-order valence-electron chi connectivity index (χ1n) is 6.25. The molecule has 1 atom stereocenters. The van der Waals surface area contributed by atoms with Gasteiger partial charge in [0.25, 0.3) is 0 Å². The van der Waals surface area contributed by atoms with E-state index in [2.05, 4.69) is 15.4 Å². The average molecular weight is 284 g/mol. The Bertz CT molecular complexity index is 577. The van der Waals surface area contributed by atoms with Crippen LogP contribution in [0.2, 0.25) is 0 Å². The van der Waals surface area contributed by atoms with Crippen molar-refractivity contribution >= 4 is 0 Å². The van der Waals surface area contributed by atoms with E-state index in [0.717, 1.165) is 22.9 Å². The van der Waals surface area contributed by atoms with Crippen LogP contribution in [0.4, 0.5) is 13.2 Å². The summed E-state index contributed by atoms with van der Waals surface area (Å²) in [6.07, 6.45) is -1.65. The molecule has 108 valence electrons. The van der Waals surface area contributed by atoms with Gasteiger partial charge in [-0.25, -0.2) is 9.67 Å². The summed E-state index contributed by atoms with van der Waals surface area (Å²) in [4.78, 5) is 4.14. The Morgan fingerprint density at radius 2 is 2.10 bits per heavy atom. The van der Waals surface area contributed by atoms with Crippen molar-refractivity contribution in [3.8, 4) is 5.82 Å². The molecule has 20 heavy (non-hydrogen) atoms. The van der Waals surface area contributed by atoms with Crippen molar-refractivity contribution < 1.29 is 13.2 Å². The Labute approximate surface area is 114 Å². The fraction of sp³-hybridized carbons (Fsp3) is 0.385.